The lowest BCUT2D eigenvalue weighted by Gasteiger charge is -2.32. The smallest absolute Gasteiger partial charge is 0.407 e. The van der Waals surface area contributed by atoms with Crippen LogP contribution in [0.4, 0.5) is 4.79 Å². The van der Waals surface area contributed by atoms with Crippen LogP contribution in [0.2, 0.25) is 0 Å². The van der Waals surface area contributed by atoms with Gasteiger partial charge in [-0.2, -0.15) is 0 Å². The van der Waals surface area contributed by atoms with Crippen molar-refractivity contribution in [3.05, 3.63) is 22.4 Å². The molecule has 94 valence electrons. The zero-order chi connectivity index (χ0) is 12.1. The van der Waals surface area contributed by atoms with Crippen molar-refractivity contribution in [2.24, 2.45) is 0 Å². The summed E-state index contributed by atoms with van der Waals surface area (Å²) >= 11 is 1.81. The van der Waals surface area contributed by atoms with Crippen molar-refractivity contribution in [1.29, 1.82) is 0 Å². The maximum absolute atomic E-state index is 10.7. The third-order valence-electron chi connectivity index (χ3n) is 3.12. The van der Waals surface area contributed by atoms with Crippen molar-refractivity contribution >= 4 is 17.4 Å². The Morgan fingerprint density at radius 1 is 1.35 bits per heavy atom. The first-order chi connectivity index (χ1) is 8.25. The van der Waals surface area contributed by atoms with Gasteiger partial charge in [-0.3, -0.25) is 4.90 Å². The van der Waals surface area contributed by atoms with Gasteiger partial charge in [0, 0.05) is 31.1 Å². The topological polar surface area (TPSA) is 43.8 Å². The van der Waals surface area contributed by atoms with E-state index in [2.05, 4.69) is 22.4 Å². The van der Waals surface area contributed by atoms with E-state index in [9.17, 15) is 4.79 Å². The maximum Gasteiger partial charge on any atom is 0.407 e. The minimum Gasteiger partial charge on any atom is -0.465 e. The van der Waals surface area contributed by atoms with E-state index in [0.717, 1.165) is 32.5 Å². The highest BCUT2D eigenvalue weighted by molar-refractivity contribution is 7.09. The molecule has 4 nitrogen and oxygen atoms in total. The molecule has 1 saturated heterocycles. The van der Waals surface area contributed by atoms with Gasteiger partial charge in [0.1, 0.15) is 0 Å². The molecule has 1 fully saturated rings. The lowest BCUT2D eigenvalue weighted by atomic mass is 10.2. The quantitative estimate of drug-likeness (QED) is 0.893. The van der Waals surface area contributed by atoms with Crippen molar-refractivity contribution < 1.29 is 9.90 Å². The van der Waals surface area contributed by atoms with Crippen molar-refractivity contribution in [1.82, 2.24) is 9.80 Å². The molecule has 1 aliphatic rings. The van der Waals surface area contributed by atoms with Crippen molar-refractivity contribution in [2.75, 3.05) is 32.7 Å². The Morgan fingerprint density at radius 2 is 2.12 bits per heavy atom. The highest BCUT2D eigenvalue weighted by Crippen LogP contribution is 2.11. The number of thiophene rings is 1. The van der Waals surface area contributed by atoms with Gasteiger partial charge in [0.2, 0.25) is 0 Å². The van der Waals surface area contributed by atoms with Gasteiger partial charge in [0.25, 0.3) is 0 Å². The fourth-order valence-electron chi connectivity index (χ4n) is 2.09. The molecule has 0 saturated carbocycles. The molecule has 0 unspecified atom stereocenters. The molecule has 0 aliphatic carbocycles. The van der Waals surface area contributed by atoms with Gasteiger partial charge in [0.15, 0.2) is 0 Å². The number of nitrogens with zero attached hydrogens (tertiary/aromatic N) is 2. The minimum absolute atomic E-state index is 0.647. The molecule has 0 spiro atoms. The summed E-state index contributed by atoms with van der Waals surface area (Å²) in [5.74, 6) is 0. The molecule has 2 rings (SSSR count). The molecule has 1 amide bonds. The zero-order valence-electron chi connectivity index (χ0n) is 9.84. The maximum atomic E-state index is 10.7. The van der Waals surface area contributed by atoms with Gasteiger partial charge in [-0.15, -0.1) is 11.3 Å². The van der Waals surface area contributed by atoms with Crippen molar-refractivity contribution in [3.63, 3.8) is 0 Å². The molecule has 1 aliphatic heterocycles. The predicted molar refractivity (Wildman–Crippen MR) is 68.7 cm³/mol. The Morgan fingerprint density at radius 3 is 2.71 bits per heavy atom. The summed E-state index contributed by atoms with van der Waals surface area (Å²) in [4.78, 5) is 16.0. The van der Waals surface area contributed by atoms with E-state index in [-0.39, 0.29) is 0 Å². The van der Waals surface area contributed by atoms with E-state index in [1.54, 1.807) is 0 Å². The summed E-state index contributed by atoms with van der Waals surface area (Å²) in [6, 6.07) is 4.26. The van der Waals surface area contributed by atoms with Crippen LogP contribution in [0.15, 0.2) is 17.5 Å². The fourth-order valence-corrected chi connectivity index (χ4v) is 2.85. The summed E-state index contributed by atoms with van der Waals surface area (Å²) in [7, 11) is 0. The van der Waals surface area contributed by atoms with E-state index >= 15 is 0 Å². The largest absolute Gasteiger partial charge is 0.465 e. The molecule has 0 radical (unpaired) electrons. The van der Waals surface area contributed by atoms with Crippen LogP contribution in [-0.4, -0.2) is 53.7 Å². The summed E-state index contributed by atoms with van der Waals surface area (Å²) < 4.78 is 0. The average Bonchev–Trinajstić information content (AvgIpc) is 2.83. The molecule has 5 heteroatoms. The standard InChI is InChI=1S/C12H18N2O2S/c15-12(16)14-8-6-13(7-9-14)5-1-3-11-4-2-10-17-11/h2,4,10H,1,3,5-9H2,(H,15,16). The summed E-state index contributed by atoms with van der Waals surface area (Å²) in [6.45, 7) is 4.11. The monoisotopic (exact) mass is 254 g/mol. The van der Waals surface area contributed by atoms with E-state index < -0.39 is 6.09 Å². The Kier molecular flexibility index (Phi) is 4.39. The van der Waals surface area contributed by atoms with E-state index in [0.29, 0.717) is 13.1 Å². The third-order valence-corrected chi connectivity index (χ3v) is 4.06. The number of hydrogen-bond donors (Lipinski definition) is 1. The number of amides is 1. The summed E-state index contributed by atoms with van der Waals surface area (Å²) in [5, 5.41) is 10.9. The van der Waals surface area contributed by atoms with Crippen LogP contribution < -0.4 is 0 Å². The van der Waals surface area contributed by atoms with Gasteiger partial charge in [-0.25, -0.2) is 4.79 Å². The van der Waals surface area contributed by atoms with Gasteiger partial charge in [0.05, 0.1) is 0 Å². The number of carboxylic acid groups (broad SMARTS) is 1. The second kappa shape index (κ2) is 6.02. The highest BCUT2D eigenvalue weighted by Gasteiger charge is 2.19. The van der Waals surface area contributed by atoms with Gasteiger partial charge >= 0.3 is 6.09 Å². The average molecular weight is 254 g/mol. The second-order valence-electron chi connectivity index (χ2n) is 4.29. The molecule has 1 aromatic heterocycles. The molecular weight excluding hydrogens is 236 g/mol. The van der Waals surface area contributed by atoms with Gasteiger partial charge in [-0.05, 0) is 30.8 Å². The second-order valence-corrected chi connectivity index (χ2v) is 5.33. The van der Waals surface area contributed by atoms with E-state index in [4.69, 9.17) is 5.11 Å². The van der Waals surface area contributed by atoms with Gasteiger partial charge in [-0.1, -0.05) is 6.07 Å². The van der Waals surface area contributed by atoms with Crippen LogP contribution >= 0.6 is 11.3 Å². The molecular formula is C12H18N2O2S. The van der Waals surface area contributed by atoms with Crippen LogP contribution in [0.1, 0.15) is 11.3 Å². The van der Waals surface area contributed by atoms with Crippen LogP contribution in [0.3, 0.4) is 0 Å². The summed E-state index contributed by atoms with van der Waals surface area (Å²) in [6.07, 6.45) is 1.51. The summed E-state index contributed by atoms with van der Waals surface area (Å²) in [5.41, 5.74) is 0. The Hall–Kier alpha value is -1.07. The normalized spacial score (nSPS) is 17.3. The first-order valence-electron chi connectivity index (χ1n) is 5.98. The molecule has 0 bridgehead atoms. The van der Waals surface area contributed by atoms with Crippen molar-refractivity contribution in [2.45, 2.75) is 12.8 Å². The first kappa shape index (κ1) is 12.4. The molecule has 2 heterocycles. The number of hydrogen-bond acceptors (Lipinski definition) is 3. The van der Waals surface area contributed by atoms with Crippen molar-refractivity contribution in [3.8, 4) is 0 Å². The van der Waals surface area contributed by atoms with Crippen LogP contribution in [-0.2, 0) is 6.42 Å². The molecule has 0 aromatic carbocycles. The number of rotatable bonds is 4. The Balaban J connectivity index is 1.63. The minimum atomic E-state index is -0.789. The third kappa shape index (κ3) is 3.71. The van der Waals surface area contributed by atoms with Crippen LogP contribution in [0.25, 0.3) is 0 Å². The Bertz CT molecular complexity index is 345. The van der Waals surface area contributed by atoms with Gasteiger partial charge < -0.3 is 10.0 Å². The molecule has 0 atom stereocenters. The Labute approximate surface area is 105 Å². The lowest BCUT2D eigenvalue weighted by molar-refractivity contribution is 0.105. The van der Waals surface area contributed by atoms with E-state index in [1.165, 1.54) is 9.78 Å². The highest BCUT2D eigenvalue weighted by atomic mass is 32.1. The zero-order valence-corrected chi connectivity index (χ0v) is 10.7. The lowest BCUT2D eigenvalue weighted by Crippen LogP contribution is -2.48. The number of carbonyl (C=O) groups is 1. The molecule has 1 N–H and O–H groups in total. The first-order valence-corrected chi connectivity index (χ1v) is 6.86. The predicted octanol–water partition coefficient (Wildman–Crippen LogP) is 1.98. The van der Waals surface area contributed by atoms with Crippen LogP contribution in [0, 0.1) is 0 Å². The van der Waals surface area contributed by atoms with Crippen LogP contribution in [0.5, 0.6) is 0 Å². The van der Waals surface area contributed by atoms with E-state index in [1.807, 2.05) is 11.3 Å². The SMILES string of the molecule is O=C(O)N1CCN(CCCc2cccs2)CC1. The fraction of sp³-hybridized carbons (Fsp3) is 0.583. The molecule has 17 heavy (non-hydrogen) atoms. The number of piperazine rings is 1. The molecule has 1 aromatic rings. The number of aryl methyl sites for hydroxylation is 1.